The molecule has 4 rings (SSSR count). The maximum absolute atomic E-state index is 12.6. The van der Waals surface area contributed by atoms with Gasteiger partial charge in [0, 0.05) is 17.0 Å². The lowest BCUT2D eigenvalue weighted by Gasteiger charge is -2.10. The van der Waals surface area contributed by atoms with Gasteiger partial charge in [-0.05, 0) is 40.6 Å². The molecule has 0 unspecified atom stereocenters. The van der Waals surface area contributed by atoms with E-state index in [0.29, 0.717) is 22.4 Å². The van der Waals surface area contributed by atoms with E-state index in [4.69, 9.17) is 9.15 Å². The molecule has 0 saturated heterocycles. The number of hydrogen-bond donors (Lipinski definition) is 0. The molecule has 0 amide bonds. The molecule has 2 aromatic heterocycles. The first-order valence-electron chi connectivity index (χ1n) is 8.71. The molecule has 2 heterocycles. The van der Waals surface area contributed by atoms with Crippen molar-refractivity contribution in [2.24, 2.45) is 0 Å². The van der Waals surface area contributed by atoms with Crippen LogP contribution in [0.25, 0.3) is 16.7 Å². The molecule has 2 aromatic carbocycles. The average Bonchev–Trinajstić information content (AvgIpc) is 3.26. The lowest BCUT2D eigenvalue weighted by atomic mass is 10.1. The number of carbonyl (C=O) groups is 1. The zero-order valence-corrected chi connectivity index (χ0v) is 15.0. The van der Waals surface area contributed by atoms with Crippen LogP contribution in [0, 0.1) is 0 Å². The Morgan fingerprint density at radius 2 is 2.04 bits per heavy atom. The minimum atomic E-state index is -0.544. The molecule has 0 bridgehead atoms. The van der Waals surface area contributed by atoms with Gasteiger partial charge < -0.3 is 9.15 Å². The summed E-state index contributed by atoms with van der Waals surface area (Å²) in [5.41, 5.74) is 2.45. The first kappa shape index (κ1) is 17.6. The van der Waals surface area contributed by atoms with Crippen LogP contribution in [0.5, 0.6) is 0 Å². The molecular formula is C20H16N4O4. The van der Waals surface area contributed by atoms with E-state index in [9.17, 15) is 9.59 Å². The summed E-state index contributed by atoms with van der Waals surface area (Å²) in [5, 5.41) is 11.7. The summed E-state index contributed by atoms with van der Waals surface area (Å²) in [4.78, 5) is 24.5. The third-order valence-electron chi connectivity index (χ3n) is 4.38. The van der Waals surface area contributed by atoms with Crippen LogP contribution in [-0.4, -0.2) is 26.2 Å². The fourth-order valence-corrected chi connectivity index (χ4v) is 2.95. The quantitative estimate of drug-likeness (QED) is 0.390. The Morgan fingerprint density at radius 3 is 2.82 bits per heavy atom. The number of tetrazole rings is 1. The van der Waals surface area contributed by atoms with Crippen LogP contribution in [-0.2, 0) is 17.8 Å². The monoisotopic (exact) mass is 376 g/mol. The van der Waals surface area contributed by atoms with Gasteiger partial charge in [-0.15, -0.1) is 5.10 Å². The minimum Gasteiger partial charge on any atom is -0.457 e. The van der Waals surface area contributed by atoms with E-state index in [1.54, 1.807) is 24.3 Å². The standard InChI is InChI=1S/C20H16N4O4/c1-2-13-7-8-15-14(10-19(25)28-18(15)9-13)11-27-20(26)16-5-3-4-6-17(16)24-12-21-22-23-24/h3-10,12H,2,11H2,1H3. The van der Waals surface area contributed by atoms with Crippen molar-refractivity contribution in [3.63, 3.8) is 0 Å². The second-order valence-corrected chi connectivity index (χ2v) is 6.12. The highest BCUT2D eigenvalue weighted by Crippen LogP contribution is 2.21. The van der Waals surface area contributed by atoms with Gasteiger partial charge in [0.15, 0.2) is 0 Å². The first-order chi connectivity index (χ1) is 13.7. The Labute approximate surface area is 159 Å². The number of para-hydroxylation sites is 1. The molecule has 0 saturated carbocycles. The maximum atomic E-state index is 12.6. The van der Waals surface area contributed by atoms with Crippen LogP contribution in [0.3, 0.4) is 0 Å². The van der Waals surface area contributed by atoms with E-state index in [2.05, 4.69) is 15.5 Å². The summed E-state index contributed by atoms with van der Waals surface area (Å²) >= 11 is 0. The molecule has 4 aromatic rings. The Bertz CT molecular complexity index is 1200. The van der Waals surface area contributed by atoms with Crippen LogP contribution >= 0.6 is 0 Å². The maximum Gasteiger partial charge on any atom is 0.340 e. The molecule has 0 aliphatic rings. The third-order valence-corrected chi connectivity index (χ3v) is 4.38. The van der Waals surface area contributed by atoms with Crippen molar-refractivity contribution in [2.75, 3.05) is 0 Å². The van der Waals surface area contributed by atoms with Gasteiger partial charge >= 0.3 is 11.6 Å². The van der Waals surface area contributed by atoms with Gasteiger partial charge in [0.1, 0.15) is 18.5 Å². The second kappa shape index (κ2) is 7.43. The van der Waals surface area contributed by atoms with E-state index in [1.807, 2.05) is 25.1 Å². The molecular weight excluding hydrogens is 360 g/mol. The zero-order valence-electron chi connectivity index (χ0n) is 15.0. The molecule has 8 nitrogen and oxygen atoms in total. The van der Waals surface area contributed by atoms with Crippen molar-refractivity contribution in [3.05, 3.63) is 82.0 Å². The average molecular weight is 376 g/mol. The summed E-state index contributed by atoms with van der Waals surface area (Å²) in [6, 6.07) is 13.8. The van der Waals surface area contributed by atoms with E-state index in [0.717, 1.165) is 17.4 Å². The SMILES string of the molecule is CCc1ccc2c(COC(=O)c3ccccc3-n3cnnn3)cc(=O)oc2c1. The third kappa shape index (κ3) is 3.39. The van der Waals surface area contributed by atoms with Crippen molar-refractivity contribution < 1.29 is 13.9 Å². The Kier molecular flexibility index (Phi) is 4.67. The van der Waals surface area contributed by atoms with Gasteiger partial charge in [-0.2, -0.15) is 4.68 Å². The number of carbonyl (C=O) groups excluding carboxylic acids is 1. The predicted molar refractivity (Wildman–Crippen MR) is 100 cm³/mol. The first-order valence-corrected chi connectivity index (χ1v) is 8.71. The zero-order chi connectivity index (χ0) is 19.5. The van der Waals surface area contributed by atoms with Gasteiger partial charge in [-0.1, -0.05) is 31.2 Å². The number of aromatic nitrogens is 4. The molecule has 0 fully saturated rings. The normalized spacial score (nSPS) is 10.9. The number of nitrogens with zero attached hydrogens (tertiary/aromatic N) is 4. The van der Waals surface area contributed by atoms with Crippen molar-refractivity contribution in [3.8, 4) is 5.69 Å². The topological polar surface area (TPSA) is 100 Å². The molecule has 0 radical (unpaired) electrons. The van der Waals surface area contributed by atoms with Crippen molar-refractivity contribution in [1.29, 1.82) is 0 Å². The van der Waals surface area contributed by atoms with Crippen molar-refractivity contribution in [1.82, 2.24) is 20.2 Å². The lowest BCUT2D eigenvalue weighted by molar-refractivity contribution is 0.0473. The van der Waals surface area contributed by atoms with Crippen molar-refractivity contribution >= 4 is 16.9 Å². The molecule has 0 atom stereocenters. The number of rotatable bonds is 5. The molecule has 140 valence electrons. The van der Waals surface area contributed by atoms with Gasteiger partial charge in [-0.25, -0.2) is 9.59 Å². The molecule has 0 aliphatic heterocycles. The predicted octanol–water partition coefficient (Wildman–Crippen LogP) is 2.69. The number of esters is 1. The van der Waals surface area contributed by atoms with Gasteiger partial charge in [0.25, 0.3) is 0 Å². The summed E-state index contributed by atoms with van der Waals surface area (Å²) in [6.07, 6.45) is 2.22. The number of aryl methyl sites for hydroxylation is 1. The Hall–Kier alpha value is -3.81. The Morgan fingerprint density at radius 1 is 1.18 bits per heavy atom. The van der Waals surface area contributed by atoms with Gasteiger partial charge in [0.2, 0.25) is 0 Å². The highest BCUT2D eigenvalue weighted by molar-refractivity contribution is 5.93. The van der Waals surface area contributed by atoms with Gasteiger partial charge in [-0.3, -0.25) is 0 Å². The highest BCUT2D eigenvalue weighted by Gasteiger charge is 2.16. The van der Waals surface area contributed by atoms with Gasteiger partial charge in [0.05, 0.1) is 11.3 Å². The van der Waals surface area contributed by atoms with Crippen LogP contribution < -0.4 is 5.63 Å². The second-order valence-electron chi connectivity index (χ2n) is 6.12. The van der Waals surface area contributed by atoms with E-state index >= 15 is 0 Å². The molecule has 28 heavy (non-hydrogen) atoms. The summed E-state index contributed by atoms with van der Waals surface area (Å²) in [7, 11) is 0. The van der Waals surface area contributed by atoms with Crippen LogP contribution in [0.15, 0.2) is 64.1 Å². The minimum absolute atomic E-state index is 0.0592. The summed E-state index contributed by atoms with van der Waals surface area (Å²) in [5.74, 6) is -0.544. The smallest absolute Gasteiger partial charge is 0.340 e. The largest absolute Gasteiger partial charge is 0.457 e. The molecule has 0 spiro atoms. The number of benzene rings is 2. The van der Waals surface area contributed by atoms with Crippen LogP contribution in [0.1, 0.15) is 28.4 Å². The number of ether oxygens (including phenoxy) is 1. The van der Waals surface area contributed by atoms with E-state index in [1.165, 1.54) is 17.1 Å². The fourth-order valence-electron chi connectivity index (χ4n) is 2.95. The lowest BCUT2D eigenvalue weighted by Crippen LogP contribution is -2.11. The molecule has 0 aliphatic carbocycles. The number of fused-ring (bicyclic) bond motifs is 1. The Balaban J connectivity index is 1.62. The van der Waals surface area contributed by atoms with Crippen LogP contribution in [0.4, 0.5) is 0 Å². The highest BCUT2D eigenvalue weighted by atomic mass is 16.5. The summed E-state index contributed by atoms with van der Waals surface area (Å²) < 4.78 is 12.1. The van der Waals surface area contributed by atoms with E-state index < -0.39 is 11.6 Å². The molecule has 0 N–H and O–H groups in total. The van der Waals surface area contributed by atoms with Crippen molar-refractivity contribution in [2.45, 2.75) is 20.0 Å². The summed E-state index contributed by atoms with van der Waals surface area (Å²) in [6.45, 7) is 1.96. The fraction of sp³-hybridized carbons (Fsp3) is 0.150. The number of hydrogen-bond acceptors (Lipinski definition) is 7. The van der Waals surface area contributed by atoms with E-state index in [-0.39, 0.29) is 6.61 Å². The molecule has 8 heteroatoms. The van der Waals surface area contributed by atoms with Crippen LogP contribution in [0.2, 0.25) is 0 Å².